The van der Waals surface area contributed by atoms with E-state index in [1.165, 1.54) is 36.4 Å². The van der Waals surface area contributed by atoms with Gasteiger partial charge in [-0.2, -0.15) is 13.2 Å². The normalized spacial score (nSPS) is 12.5. The van der Waals surface area contributed by atoms with E-state index >= 15 is 0 Å². The molecule has 7 nitrogen and oxygen atoms in total. The Morgan fingerprint density at radius 3 is 2.08 bits per heavy atom. The van der Waals surface area contributed by atoms with Crippen LogP contribution >= 0.6 is 0 Å². The lowest BCUT2D eigenvalue weighted by Crippen LogP contribution is -2.48. The summed E-state index contributed by atoms with van der Waals surface area (Å²) >= 11 is 0. The fourth-order valence-corrected chi connectivity index (χ4v) is 2.98. The van der Waals surface area contributed by atoms with Crippen LogP contribution in [0, 0.1) is 0 Å². The maximum Gasteiger partial charge on any atom is 0.573 e. The fourth-order valence-electron chi connectivity index (χ4n) is 2.98. The third-order valence-electron chi connectivity index (χ3n) is 4.62. The number of aliphatic hydroxyl groups is 1. The molecule has 3 N–H and O–H groups in total. The summed E-state index contributed by atoms with van der Waals surface area (Å²) in [7, 11) is 0. The Morgan fingerprint density at radius 1 is 0.917 bits per heavy atom. The summed E-state index contributed by atoms with van der Waals surface area (Å²) in [6.45, 7) is -0.588. The van der Waals surface area contributed by atoms with Crippen molar-refractivity contribution >= 4 is 11.8 Å². The number of hydrogen-bond acceptors (Lipinski definition) is 5. The second-order valence-electron chi connectivity index (χ2n) is 7.53. The number of carbonyl (C=O) groups is 2. The van der Waals surface area contributed by atoms with Gasteiger partial charge >= 0.3 is 12.5 Å². The second-order valence-corrected chi connectivity index (χ2v) is 7.53. The van der Waals surface area contributed by atoms with Crippen LogP contribution < -0.4 is 20.1 Å². The topological polar surface area (TPSA) is 96.9 Å². The Labute approximate surface area is 202 Å². The number of nitrogens with one attached hydrogen (secondary N) is 2. The third-order valence-corrected chi connectivity index (χ3v) is 4.62. The first kappa shape index (κ1) is 28.8. The minimum absolute atomic E-state index is 0.0737. The summed E-state index contributed by atoms with van der Waals surface area (Å²) in [4.78, 5) is 25.2. The number of benzene rings is 2. The molecule has 0 aliphatic heterocycles. The molecule has 1 unspecified atom stereocenters. The smallest absolute Gasteiger partial charge is 0.494 e. The van der Waals surface area contributed by atoms with E-state index in [0.717, 1.165) is 12.1 Å². The van der Waals surface area contributed by atoms with Crippen molar-refractivity contribution in [3.63, 3.8) is 0 Å². The molecule has 2 aromatic carbocycles. The highest BCUT2D eigenvalue weighted by molar-refractivity contribution is 5.97. The second kappa shape index (κ2) is 13.0. The lowest BCUT2D eigenvalue weighted by Gasteiger charge is -2.19. The van der Waals surface area contributed by atoms with E-state index in [4.69, 9.17) is 9.84 Å². The molecule has 2 aromatic rings. The summed E-state index contributed by atoms with van der Waals surface area (Å²) in [5.41, 5.74) is 0.558. The molecule has 0 aliphatic carbocycles. The summed E-state index contributed by atoms with van der Waals surface area (Å²) in [6, 6.07) is 9.14. The first-order chi connectivity index (χ1) is 16.9. The standard InChI is InChI=1S/C23H24F6N2O5/c24-22(25,26)10-1-13-35-17-8-4-16(5-9-17)20(33)31-19(21(34)30-11-12-32)14-15-2-6-18(7-3-15)36-23(27,28)29/h2-9,19,32H,1,10-14H2,(H,30,34)(H,31,33). The number of ether oxygens (including phenoxy) is 2. The highest BCUT2D eigenvalue weighted by atomic mass is 19.4. The van der Waals surface area contributed by atoms with Gasteiger partial charge in [0.2, 0.25) is 5.91 Å². The number of aliphatic hydroxyl groups excluding tert-OH is 1. The van der Waals surface area contributed by atoms with Crippen molar-refractivity contribution in [2.24, 2.45) is 0 Å². The van der Waals surface area contributed by atoms with Gasteiger partial charge in [-0.05, 0) is 48.4 Å². The molecule has 0 fully saturated rings. The molecule has 0 aromatic heterocycles. The monoisotopic (exact) mass is 522 g/mol. The number of carbonyl (C=O) groups excluding carboxylic acids is 2. The Bertz CT molecular complexity index is 978. The first-order valence-electron chi connectivity index (χ1n) is 10.7. The summed E-state index contributed by atoms with van der Waals surface area (Å²) in [5.74, 6) is -1.47. The van der Waals surface area contributed by atoms with Crippen molar-refractivity contribution < 1.29 is 50.5 Å². The molecular formula is C23H24F6N2O5. The van der Waals surface area contributed by atoms with E-state index in [9.17, 15) is 35.9 Å². The Morgan fingerprint density at radius 2 is 1.53 bits per heavy atom. The van der Waals surface area contributed by atoms with E-state index in [1.54, 1.807) is 0 Å². The van der Waals surface area contributed by atoms with Crippen molar-refractivity contribution in [2.75, 3.05) is 19.8 Å². The summed E-state index contributed by atoms with van der Waals surface area (Å²) in [6.07, 6.45) is -10.4. The quantitative estimate of drug-likeness (QED) is 0.292. The van der Waals surface area contributed by atoms with E-state index in [1.807, 2.05) is 0 Å². The highest BCUT2D eigenvalue weighted by Crippen LogP contribution is 2.23. The van der Waals surface area contributed by atoms with Crippen molar-refractivity contribution in [1.29, 1.82) is 0 Å². The van der Waals surface area contributed by atoms with Gasteiger partial charge in [0, 0.05) is 24.9 Å². The number of halogens is 6. The van der Waals surface area contributed by atoms with Crippen molar-refractivity contribution in [2.45, 2.75) is 37.8 Å². The molecule has 0 aliphatic rings. The van der Waals surface area contributed by atoms with Crippen molar-refractivity contribution in [3.8, 4) is 11.5 Å². The van der Waals surface area contributed by atoms with Gasteiger partial charge in [-0.3, -0.25) is 9.59 Å². The molecule has 0 saturated carbocycles. The molecular weight excluding hydrogens is 498 g/mol. The van der Waals surface area contributed by atoms with Gasteiger partial charge in [0.15, 0.2) is 0 Å². The Hall–Kier alpha value is -3.48. The average Bonchev–Trinajstić information content (AvgIpc) is 2.80. The van der Waals surface area contributed by atoms with Gasteiger partial charge in [0.1, 0.15) is 17.5 Å². The molecule has 0 saturated heterocycles. The molecule has 198 valence electrons. The molecule has 36 heavy (non-hydrogen) atoms. The zero-order valence-corrected chi connectivity index (χ0v) is 18.8. The molecule has 0 spiro atoms. The largest absolute Gasteiger partial charge is 0.573 e. The van der Waals surface area contributed by atoms with Gasteiger partial charge in [0.25, 0.3) is 5.91 Å². The average molecular weight is 522 g/mol. The number of alkyl halides is 6. The van der Waals surface area contributed by atoms with Crippen LogP contribution in [0.15, 0.2) is 48.5 Å². The van der Waals surface area contributed by atoms with Crippen molar-refractivity contribution in [1.82, 2.24) is 10.6 Å². The maximum atomic E-state index is 12.7. The molecule has 13 heteroatoms. The van der Waals surface area contributed by atoms with Gasteiger partial charge in [-0.15, -0.1) is 13.2 Å². The number of rotatable bonds is 12. The van der Waals surface area contributed by atoms with Gasteiger partial charge in [-0.1, -0.05) is 12.1 Å². The molecule has 2 amide bonds. The lowest BCUT2D eigenvalue weighted by atomic mass is 10.0. The molecule has 0 bridgehead atoms. The number of amides is 2. The van der Waals surface area contributed by atoms with Crippen molar-refractivity contribution in [3.05, 3.63) is 59.7 Å². The fraction of sp³-hybridized carbons (Fsp3) is 0.391. The zero-order valence-electron chi connectivity index (χ0n) is 18.8. The highest BCUT2D eigenvalue weighted by Gasteiger charge is 2.31. The van der Waals surface area contributed by atoms with E-state index < -0.39 is 42.6 Å². The SMILES string of the molecule is O=C(NC(Cc1ccc(OC(F)(F)F)cc1)C(=O)NCCO)c1ccc(OCCCC(F)(F)F)cc1. The van der Waals surface area contributed by atoms with Crippen LogP contribution in [0.5, 0.6) is 11.5 Å². The molecule has 0 heterocycles. The van der Waals surface area contributed by atoms with Crippen LogP contribution in [0.25, 0.3) is 0 Å². The minimum Gasteiger partial charge on any atom is -0.494 e. The summed E-state index contributed by atoms with van der Waals surface area (Å²) < 4.78 is 82.6. The van der Waals surface area contributed by atoms with E-state index in [2.05, 4.69) is 15.4 Å². The van der Waals surface area contributed by atoms with Crippen LogP contribution in [0.2, 0.25) is 0 Å². The van der Waals surface area contributed by atoms with Crippen LogP contribution in [-0.4, -0.2) is 55.3 Å². The molecule has 1 atom stereocenters. The lowest BCUT2D eigenvalue weighted by molar-refractivity contribution is -0.274. The molecule has 0 radical (unpaired) electrons. The Balaban J connectivity index is 2.01. The number of hydrogen-bond donors (Lipinski definition) is 3. The predicted molar refractivity (Wildman–Crippen MR) is 115 cm³/mol. The summed E-state index contributed by atoms with van der Waals surface area (Å²) in [5, 5.41) is 13.9. The van der Waals surface area contributed by atoms with E-state index in [0.29, 0.717) is 5.56 Å². The Kier molecular flexibility index (Phi) is 10.4. The zero-order chi connectivity index (χ0) is 26.8. The van der Waals surface area contributed by atoms with Gasteiger partial charge in [0.05, 0.1) is 13.2 Å². The predicted octanol–water partition coefficient (Wildman–Crippen LogP) is 3.76. The first-order valence-corrected chi connectivity index (χ1v) is 10.7. The molecule has 2 rings (SSSR count). The van der Waals surface area contributed by atoms with Crippen LogP contribution in [0.1, 0.15) is 28.8 Å². The van der Waals surface area contributed by atoms with Gasteiger partial charge in [-0.25, -0.2) is 0 Å². The van der Waals surface area contributed by atoms with E-state index in [-0.39, 0.29) is 43.9 Å². The maximum absolute atomic E-state index is 12.7. The third kappa shape index (κ3) is 10.8. The van der Waals surface area contributed by atoms with Gasteiger partial charge < -0.3 is 25.2 Å². The van der Waals surface area contributed by atoms with Crippen LogP contribution in [0.4, 0.5) is 26.3 Å². The van der Waals surface area contributed by atoms with Crippen LogP contribution in [0.3, 0.4) is 0 Å². The van der Waals surface area contributed by atoms with Crippen LogP contribution in [-0.2, 0) is 11.2 Å². The minimum atomic E-state index is -4.86.